The molecule has 2 aliphatic heterocycles. The van der Waals surface area contributed by atoms with E-state index >= 15 is 0 Å². The van der Waals surface area contributed by atoms with Crippen LogP contribution in [0.1, 0.15) is 36.5 Å². The average Bonchev–Trinajstić information content (AvgIpc) is 3.28. The van der Waals surface area contributed by atoms with Crippen molar-refractivity contribution < 1.29 is 9.53 Å². The number of aromatic nitrogens is 1. The number of benzene rings is 1. The molecular weight excluding hydrogens is 314 g/mol. The van der Waals surface area contributed by atoms with Gasteiger partial charge in [0.25, 0.3) is 5.91 Å². The van der Waals surface area contributed by atoms with E-state index < -0.39 is 0 Å². The van der Waals surface area contributed by atoms with E-state index in [2.05, 4.69) is 23.9 Å². The van der Waals surface area contributed by atoms with Crippen molar-refractivity contribution in [3.63, 3.8) is 0 Å². The second kappa shape index (κ2) is 6.46. The van der Waals surface area contributed by atoms with Crippen LogP contribution >= 0.6 is 0 Å². The van der Waals surface area contributed by atoms with Gasteiger partial charge in [-0.2, -0.15) is 0 Å². The Morgan fingerprint density at radius 1 is 1.36 bits per heavy atom. The van der Waals surface area contributed by atoms with Crippen LogP contribution in [0.2, 0.25) is 0 Å². The lowest BCUT2D eigenvalue weighted by Gasteiger charge is -2.39. The molecule has 0 unspecified atom stereocenters. The number of likely N-dealkylation sites (tertiary alicyclic amines) is 1. The maximum absolute atomic E-state index is 12.9. The lowest BCUT2D eigenvalue weighted by atomic mass is 9.87. The fraction of sp³-hybridized carbons (Fsp3) is 0.550. The van der Waals surface area contributed by atoms with Gasteiger partial charge in [-0.1, -0.05) is 6.92 Å². The van der Waals surface area contributed by atoms with Crippen LogP contribution in [0.4, 0.5) is 0 Å². The van der Waals surface area contributed by atoms with E-state index in [4.69, 9.17) is 4.74 Å². The van der Waals surface area contributed by atoms with E-state index in [1.54, 1.807) is 0 Å². The number of amides is 1. The van der Waals surface area contributed by atoms with Crippen molar-refractivity contribution in [1.29, 1.82) is 0 Å². The Kier molecular flexibility index (Phi) is 4.29. The van der Waals surface area contributed by atoms with Gasteiger partial charge in [0.15, 0.2) is 0 Å². The Morgan fingerprint density at radius 3 is 2.92 bits per heavy atom. The zero-order chi connectivity index (χ0) is 17.4. The molecule has 1 amide bonds. The molecule has 1 N–H and O–H groups in total. The SMILES string of the molecule is CCN(C)[C@H]1COC2(CCN(C(=O)c3ccc4[nH]ccc4c3)CC2)C1. The quantitative estimate of drug-likeness (QED) is 0.934. The molecule has 1 aromatic heterocycles. The molecule has 0 radical (unpaired) electrons. The summed E-state index contributed by atoms with van der Waals surface area (Å²) in [4.78, 5) is 20.4. The third-order valence-electron chi connectivity index (χ3n) is 6.07. The summed E-state index contributed by atoms with van der Waals surface area (Å²) in [6.45, 7) is 5.63. The second-order valence-electron chi connectivity index (χ2n) is 7.50. The number of rotatable bonds is 3. The number of fused-ring (bicyclic) bond motifs is 1. The van der Waals surface area contributed by atoms with Crippen molar-refractivity contribution in [3.05, 3.63) is 36.0 Å². The molecular formula is C20H27N3O2. The molecule has 3 heterocycles. The minimum Gasteiger partial charge on any atom is -0.373 e. The number of hydrogen-bond acceptors (Lipinski definition) is 3. The first kappa shape index (κ1) is 16.6. The Morgan fingerprint density at radius 2 is 2.16 bits per heavy atom. The largest absolute Gasteiger partial charge is 0.373 e. The smallest absolute Gasteiger partial charge is 0.253 e. The minimum absolute atomic E-state index is 0.0184. The van der Waals surface area contributed by atoms with Gasteiger partial charge in [0.05, 0.1) is 12.2 Å². The molecule has 2 aromatic rings. The highest BCUT2D eigenvalue weighted by atomic mass is 16.5. The molecule has 2 fully saturated rings. The van der Waals surface area contributed by atoms with Crippen LogP contribution in [-0.2, 0) is 4.74 Å². The third-order valence-corrected chi connectivity index (χ3v) is 6.07. The summed E-state index contributed by atoms with van der Waals surface area (Å²) in [5.74, 6) is 0.137. The summed E-state index contributed by atoms with van der Waals surface area (Å²) in [5, 5.41) is 1.09. The number of nitrogens with one attached hydrogen (secondary N) is 1. The van der Waals surface area contributed by atoms with Gasteiger partial charge in [0, 0.05) is 41.8 Å². The van der Waals surface area contributed by atoms with Gasteiger partial charge >= 0.3 is 0 Å². The van der Waals surface area contributed by atoms with E-state index in [1.807, 2.05) is 35.4 Å². The van der Waals surface area contributed by atoms with E-state index in [9.17, 15) is 4.79 Å². The number of ether oxygens (including phenoxy) is 1. The summed E-state index contributed by atoms with van der Waals surface area (Å²) in [7, 11) is 2.17. The maximum Gasteiger partial charge on any atom is 0.253 e. The first-order chi connectivity index (χ1) is 12.1. The molecule has 1 aromatic carbocycles. The number of carbonyl (C=O) groups excluding carboxylic acids is 1. The molecule has 0 saturated carbocycles. The highest BCUT2D eigenvalue weighted by molar-refractivity contribution is 5.98. The topological polar surface area (TPSA) is 48.6 Å². The molecule has 5 heteroatoms. The maximum atomic E-state index is 12.9. The highest BCUT2D eigenvalue weighted by Gasteiger charge is 2.44. The molecule has 2 saturated heterocycles. The van der Waals surface area contributed by atoms with Crippen molar-refractivity contribution in [2.24, 2.45) is 0 Å². The normalized spacial score (nSPS) is 23.0. The van der Waals surface area contributed by atoms with Crippen LogP contribution in [0.3, 0.4) is 0 Å². The Balaban J connectivity index is 1.41. The van der Waals surface area contributed by atoms with E-state index in [-0.39, 0.29) is 11.5 Å². The molecule has 4 rings (SSSR count). The summed E-state index contributed by atoms with van der Waals surface area (Å²) < 4.78 is 6.21. The zero-order valence-corrected chi connectivity index (χ0v) is 15.1. The number of carbonyl (C=O) groups is 1. The standard InChI is InChI=1S/C20H27N3O2/c1-3-22(2)17-13-20(25-14-17)7-10-23(11-8-20)19(24)16-4-5-18-15(12-16)6-9-21-18/h4-6,9,12,17,21H,3,7-8,10-11,13-14H2,1-2H3/t17-/m1/s1. The molecule has 2 aliphatic rings. The summed E-state index contributed by atoms with van der Waals surface area (Å²) in [6, 6.07) is 8.41. The predicted molar refractivity (Wildman–Crippen MR) is 98.8 cm³/mol. The van der Waals surface area contributed by atoms with Crippen LogP contribution in [0, 0.1) is 0 Å². The van der Waals surface area contributed by atoms with Crippen LogP contribution in [0.25, 0.3) is 10.9 Å². The van der Waals surface area contributed by atoms with Crippen molar-refractivity contribution in [2.45, 2.75) is 37.8 Å². The van der Waals surface area contributed by atoms with Gasteiger partial charge in [-0.15, -0.1) is 0 Å². The van der Waals surface area contributed by atoms with Gasteiger partial charge in [-0.05, 0) is 57.1 Å². The average molecular weight is 341 g/mol. The molecule has 134 valence electrons. The van der Waals surface area contributed by atoms with Gasteiger partial charge in [-0.3, -0.25) is 4.79 Å². The van der Waals surface area contributed by atoms with Crippen molar-refractivity contribution in [2.75, 3.05) is 33.3 Å². The van der Waals surface area contributed by atoms with Crippen LogP contribution < -0.4 is 0 Å². The van der Waals surface area contributed by atoms with Gasteiger partial charge in [0.2, 0.25) is 0 Å². The third kappa shape index (κ3) is 3.07. The van der Waals surface area contributed by atoms with Crippen LogP contribution in [-0.4, -0.2) is 65.6 Å². The number of H-pyrrole nitrogens is 1. The number of hydrogen-bond donors (Lipinski definition) is 1. The van der Waals surface area contributed by atoms with Gasteiger partial charge in [-0.25, -0.2) is 0 Å². The van der Waals surface area contributed by atoms with Crippen molar-refractivity contribution in [3.8, 4) is 0 Å². The Labute approximate surface area is 148 Å². The molecule has 0 bridgehead atoms. The highest BCUT2D eigenvalue weighted by Crippen LogP contribution is 2.37. The first-order valence-corrected chi connectivity index (χ1v) is 9.31. The number of nitrogens with zero attached hydrogens (tertiary/aromatic N) is 2. The van der Waals surface area contributed by atoms with Crippen LogP contribution in [0.5, 0.6) is 0 Å². The molecule has 0 aliphatic carbocycles. The molecule has 25 heavy (non-hydrogen) atoms. The zero-order valence-electron chi connectivity index (χ0n) is 15.1. The fourth-order valence-corrected chi connectivity index (χ4v) is 4.20. The van der Waals surface area contributed by atoms with E-state index in [0.717, 1.165) is 62.0 Å². The summed E-state index contributed by atoms with van der Waals surface area (Å²) in [5.41, 5.74) is 1.83. The van der Waals surface area contributed by atoms with Crippen molar-refractivity contribution in [1.82, 2.24) is 14.8 Å². The van der Waals surface area contributed by atoms with E-state index in [0.29, 0.717) is 6.04 Å². The minimum atomic E-state index is -0.0184. The van der Waals surface area contributed by atoms with Crippen LogP contribution in [0.15, 0.2) is 30.5 Å². The first-order valence-electron chi connectivity index (χ1n) is 9.31. The number of piperidine rings is 1. The molecule has 5 nitrogen and oxygen atoms in total. The Bertz CT molecular complexity index is 761. The monoisotopic (exact) mass is 341 g/mol. The lowest BCUT2D eigenvalue weighted by molar-refractivity contribution is -0.0392. The van der Waals surface area contributed by atoms with Gasteiger partial charge in [0.1, 0.15) is 0 Å². The fourth-order valence-electron chi connectivity index (χ4n) is 4.20. The summed E-state index contributed by atoms with van der Waals surface area (Å²) in [6.07, 6.45) is 4.89. The number of aromatic amines is 1. The number of likely N-dealkylation sites (N-methyl/N-ethyl adjacent to an activating group) is 1. The summed E-state index contributed by atoms with van der Waals surface area (Å²) >= 11 is 0. The predicted octanol–water partition coefficient (Wildman–Crippen LogP) is 2.88. The lowest BCUT2D eigenvalue weighted by Crippen LogP contribution is -2.47. The Hall–Kier alpha value is -1.85. The molecule has 1 atom stereocenters. The van der Waals surface area contributed by atoms with E-state index in [1.165, 1.54) is 0 Å². The molecule has 1 spiro atoms. The second-order valence-corrected chi connectivity index (χ2v) is 7.50. The van der Waals surface area contributed by atoms with Crippen molar-refractivity contribution >= 4 is 16.8 Å². The van der Waals surface area contributed by atoms with Gasteiger partial charge < -0.3 is 19.5 Å².